The summed E-state index contributed by atoms with van der Waals surface area (Å²) in [5.41, 5.74) is 7.29. The van der Waals surface area contributed by atoms with Crippen LogP contribution in [-0.2, 0) is 4.79 Å². The first-order valence-electron chi connectivity index (χ1n) is 6.83. The molecule has 1 unspecified atom stereocenters. The Bertz CT molecular complexity index is 642. The lowest BCUT2D eigenvalue weighted by atomic mass is 10.1. The van der Waals surface area contributed by atoms with Gasteiger partial charge in [-0.1, -0.05) is 0 Å². The van der Waals surface area contributed by atoms with Crippen LogP contribution in [0.15, 0.2) is 30.5 Å². The van der Waals surface area contributed by atoms with Crippen LogP contribution in [0.3, 0.4) is 0 Å². The van der Waals surface area contributed by atoms with Crippen molar-refractivity contribution in [2.75, 3.05) is 12.3 Å². The van der Waals surface area contributed by atoms with Crippen molar-refractivity contribution >= 4 is 22.5 Å². The Kier molecular flexibility index (Phi) is 3.41. The highest BCUT2D eigenvalue weighted by atomic mass is 16.5. The first-order chi connectivity index (χ1) is 9.75. The van der Waals surface area contributed by atoms with Crippen LogP contribution in [0.5, 0.6) is 5.75 Å². The van der Waals surface area contributed by atoms with Crippen molar-refractivity contribution in [1.29, 1.82) is 0 Å². The number of nitrogens with one attached hydrogen (secondary N) is 1. The quantitative estimate of drug-likeness (QED) is 0.817. The molecule has 5 heteroatoms. The molecule has 104 valence electrons. The summed E-state index contributed by atoms with van der Waals surface area (Å²) in [7, 11) is 0. The zero-order chi connectivity index (χ0) is 13.9. The predicted octanol–water partition coefficient (Wildman–Crippen LogP) is 1.86. The lowest BCUT2D eigenvalue weighted by Gasteiger charge is -2.17. The predicted molar refractivity (Wildman–Crippen MR) is 77.4 cm³/mol. The molecule has 1 saturated heterocycles. The monoisotopic (exact) mass is 271 g/mol. The number of rotatable bonds is 2. The molecule has 1 aliphatic heterocycles. The highest BCUT2D eigenvalue weighted by Crippen LogP contribution is 2.29. The van der Waals surface area contributed by atoms with E-state index in [0.717, 1.165) is 31.2 Å². The van der Waals surface area contributed by atoms with Gasteiger partial charge in [0, 0.05) is 23.8 Å². The normalized spacial score (nSPS) is 19.4. The Balaban J connectivity index is 1.94. The van der Waals surface area contributed by atoms with E-state index in [1.165, 1.54) is 0 Å². The zero-order valence-corrected chi connectivity index (χ0v) is 11.1. The number of amides is 1. The molecule has 0 bridgehead atoms. The van der Waals surface area contributed by atoms with Gasteiger partial charge in [0.25, 0.3) is 5.91 Å². The van der Waals surface area contributed by atoms with Crippen LogP contribution in [0, 0.1) is 0 Å². The SMILES string of the molecule is Nc1ccc(OC2CCCCNC2=O)c2ncccc12. The van der Waals surface area contributed by atoms with E-state index >= 15 is 0 Å². The Hall–Kier alpha value is -2.30. The highest BCUT2D eigenvalue weighted by Gasteiger charge is 2.23. The summed E-state index contributed by atoms with van der Waals surface area (Å²) in [6, 6.07) is 7.30. The van der Waals surface area contributed by atoms with Gasteiger partial charge in [-0.05, 0) is 43.5 Å². The van der Waals surface area contributed by atoms with Gasteiger partial charge in [0.05, 0.1) is 0 Å². The van der Waals surface area contributed by atoms with E-state index < -0.39 is 6.10 Å². The molecule has 1 aliphatic rings. The summed E-state index contributed by atoms with van der Waals surface area (Å²) in [6.07, 6.45) is 3.94. The summed E-state index contributed by atoms with van der Waals surface area (Å²) in [4.78, 5) is 16.3. The van der Waals surface area contributed by atoms with Crippen molar-refractivity contribution in [3.05, 3.63) is 30.5 Å². The number of nitrogens with zero attached hydrogens (tertiary/aromatic N) is 1. The molecule has 0 saturated carbocycles. The van der Waals surface area contributed by atoms with E-state index in [9.17, 15) is 4.79 Å². The van der Waals surface area contributed by atoms with Crippen molar-refractivity contribution < 1.29 is 9.53 Å². The van der Waals surface area contributed by atoms with E-state index in [0.29, 0.717) is 17.0 Å². The first kappa shape index (κ1) is 12.7. The Labute approximate surface area is 117 Å². The van der Waals surface area contributed by atoms with E-state index in [1.54, 1.807) is 18.3 Å². The van der Waals surface area contributed by atoms with Crippen molar-refractivity contribution in [2.24, 2.45) is 0 Å². The Morgan fingerprint density at radius 3 is 3.10 bits per heavy atom. The van der Waals surface area contributed by atoms with E-state index in [4.69, 9.17) is 10.5 Å². The van der Waals surface area contributed by atoms with Crippen LogP contribution in [0.4, 0.5) is 5.69 Å². The molecule has 3 rings (SSSR count). The van der Waals surface area contributed by atoms with Crippen molar-refractivity contribution in [1.82, 2.24) is 10.3 Å². The molecule has 2 heterocycles. The maximum Gasteiger partial charge on any atom is 0.261 e. The van der Waals surface area contributed by atoms with Gasteiger partial charge in [-0.3, -0.25) is 9.78 Å². The molecule has 5 nitrogen and oxygen atoms in total. The minimum absolute atomic E-state index is 0.0524. The third-order valence-corrected chi connectivity index (χ3v) is 3.52. The van der Waals surface area contributed by atoms with Gasteiger partial charge < -0.3 is 15.8 Å². The number of fused-ring (bicyclic) bond motifs is 1. The number of anilines is 1. The van der Waals surface area contributed by atoms with Crippen LogP contribution in [0.1, 0.15) is 19.3 Å². The number of carbonyl (C=O) groups excluding carboxylic acids is 1. The van der Waals surface area contributed by atoms with Crippen LogP contribution in [0.2, 0.25) is 0 Å². The summed E-state index contributed by atoms with van der Waals surface area (Å²) in [5.74, 6) is 0.556. The average molecular weight is 271 g/mol. The van der Waals surface area contributed by atoms with Gasteiger partial charge in [-0.25, -0.2) is 0 Å². The number of hydrogen-bond acceptors (Lipinski definition) is 4. The Morgan fingerprint density at radius 1 is 1.30 bits per heavy atom. The molecular weight excluding hydrogens is 254 g/mol. The molecule has 0 aliphatic carbocycles. The van der Waals surface area contributed by atoms with Crippen molar-refractivity contribution in [3.63, 3.8) is 0 Å². The molecule has 20 heavy (non-hydrogen) atoms. The number of nitrogen functional groups attached to an aromatic ring is 1. The molecule has 1 aromatic heterocycles. The van der Waals surface area contributed by atoms with E-state index in [2.05, 4.69) is 10.3 Å². The van der Waals surface area contributed by atoms with Crippen molar-refractivity contribution in [2.45, 2.75) is 25.4 Å². The largest absolute Gasteiger partial charge is 0.478 e. The fraction of sp³-hybridized carbons (Fsp3) is 0.333. The van der Waals surface area contributed by atoms with Crippen LogP contribution in [0.25, 0.3) is 10.9 Å². The third kappa shape index (κ3) is 2.39. The van der Waals surface area contributed by atoms with Crippen molar-refractivity contribution in [3.8, 4) is 5.75 Å². The van der Waals surface area contributed by atoms with E-state index in [-0.39, 0.29) is 5.91 Å². The molecule has 1 aromatic carbocycles. The summed E-state index contributed by atoms with van der Waals surface area (Å²) in [5, 5.41) is 3.71. The maximum absolute atomic E-state index is 11.9. The maximum atomic E-state index is 11.9. The fourth-order valence-corrected chi connectivity index (χ4v) is 2.44. The minimum atomic E-state index is -0.452. The van der Waals surface area contributed by atoms with Gasteiger partial charge in [0.1, 0.15) is 11.3 Å². The third-order valence-electron chi connectivity index (χ3n) is 3.52. The number of hydrogen-bond donors (Lipinski definition) is 2. The van der Waals surface area contributed by atoms with Crippen LogP contribution < -0.4 is 15.8 Å². The number of ether oxygens (including phenoxy) is 1. The second-order valence-corrected chi connectivity index (χ2v) is 4.95. The summed E-state index contributed by atoms with van der Waals surface area (Å²) < 4.78 is 5.89. The lowest BCUT2D eigenvalue weighted by Crippen LogP contribution is -2.36. The molecule has 1 fully saturated rings. The standard InChI is InChI=1S/C15H17N3O2/c16-11-6-7-12(14-10(11)4-3-9-17-14)20-13-5-1-2-8-18-15(13)19/h3-4,6-7,9,13H,1-2,5,8,16H2,(H,18,19). The van der Waals surface area contributed by atoms with E-state index in [1.807, 2.05) is 12.1 Å². The second-order valence-electron chi connectivity index (χ2n) is 4.95. The van der Waals surface area contributed by atoms with Crippen LogP contribution >= 0.6 is 0 Å². The molecule has 1 atom stereocenters. The van der Waals surface area contributed by atoms with Gasteiger partial charge in [0.15, 0.2) is 6.10 Å². The summed E-state index contributed by atoms with van der Waals surface area (Å²) in [6.45, 7) is 0.722. The topological polar surface area (TPSA) is 77.2 Å². The average Bonchev–Trinajstić information content (AvgIpc) is 2.67. The fourth-order valence-electron chi connectivity index (χ4n) is 2.44. The molecule has 2 aromatic rings. The minimum Gasteiger partial charge on any atom is -0.478 e. The zero-order valence-electron chi connectivity index (χ0n) is 11.1. The smallest absolute Gasteiger partial charge is 0.261 e. The van der Waals surface area contributed by atoms with Gasteiger partial charge in [-0.15, -0.1) is 0 Å². The van der Waals surface area contributed by atoms with Gasteiger partial charge in [-0.2, -0.15) is 0 Å². The molecule has 0 spiro atoms. The van der Waals surface area contributed by atoms with Gasteiger partial charge >= 0.3 is 0 Å². The highest BCUT2D eigenvalue weighted by molar-refractivity contribution is 5.94. The van der Waals surface area contributed by atoms with Crippen LogP contribution in [-0.4, -0.2) is 23.5 Å². The first-order valence-corrected chi connectivity index (χ1v) is 6.83. The molecule has 1 amide bonds. The number of aromatic nitrogens is 1. The Morgan fingerprint density at radius 2 is 2.20 bits per heavy atom. The summed E-state index contributed by atoms with van der Waals surface area (Å²) >= 11 is 0. The van der Waals surface area contributed by atoms with Gasteiger partial charge in [0.2, 0.25) is 0 Å². The molecular formula is C15H17N3O2. The number of nitrogens with two attached hydrogens (primary N) is 1. The number of carbonyl (C=O) groups is 1. The molecule has 0 radical (unpaired) electrons. The second kappa shape index (κ2) is 5.36. The number of benzene rings is 1. The lowest BCUT2D eigenvalue weighted by molar-refractivity contribution is -0.127. The number of pyridine rings is 1. The molecule has 3 N–H and O–H groups in total.